The molecule has 1 aromatic carbocycles. The van der Waals surface area contributed by atoms with Gasteiger partial charge >= 0.3 is 11.9 Å². The number of carbonyl (C=O) groups is 2. The molecule has 26 heavy (non-hydrogen) atoms. The van der Waals surface area contributed by atoms with Gasteiger partial charge in [0, 0.05) is 13.8 Å². The number of aryl methyl sites for hydroxylation is 1. The molecule has 1 unspecified atom stereocenters. The van der Waals surface area contributed by atoms with Gasteiger partial charge in [0.15, 0.2) is 0 Å². The van der Waals surface area contributed by atoms with Crippen molar-refractivity contribution < 1.29 is 19.1 Å². The van der Waals surface area contributed by atoms with Gasteiger partial charge in [0.05, 0.1) is 0 Å². The maximum absolute atomic E-state index is 11.4. The van der Waals surface area contributed by atoms with E-state index in [1.165, 1.54) is 44.2 Å². The fourth-order valence-electron chi connectivity index (χ4n) is 6.11. The van der Waals surface area contributed by atoms with E-state index in [-0.39, 0.29) is 18.0 Å². The molecule has 0 aromatic heterocycles. The number of carbonyl (C=O) groups excluding carboxylic acids is 2. The first-order valence-electron chi connectivity index (χ1n) is 9.84. The summed E-state index contributed by atoms with van der Waals surface area (Å²) >= 11 is 0. The van der Waals surface area contributed by atoms with E-state index in [1.54, 1.807) is 0 Å². The van der Waals surface area contributed by atoms with Crippen LogP contribution in [0.3, 0.4) is 0 Å². The van der Waals surface area contributed by atoms with Crippen molar-refractivity contribution in [2.24, 2.45) is 17.3 Å². The van der Waals surface area contributed by atoms with Crippen LogP contribution in [0.4, 0.5) is 0 Å². The molecule has 0 heterocycles. The number of fused-ring (bicyclic) bond motifs is 5. The lowest BCUT2D eigenvalue weighted by molar-refractivity contribution is -0.146. The molecule has 4 nitrogen and oxygen atoms in total. The average Bonchev–Trinajstić information content (AvgIpc) is 2.89. The average molecular weight is 356 g/mol. The summed E-state index contributed by atoms with van der Waals surface area (Å²) in [4.78, 5) is 22.6. The lowest BCUT2D eigenvalue weighted by atomic mass is 9.56. The Morgan fingerprint density at radius 1 is 1.15 bits per heavy atom. The largest absolute Gasteiger partial charge is 0.463 e. The highest BCUT2D eigenvalue weighted by atomic mass is 16.5. The lowest BCUT2D eigenvalue weighted by Crippen LogP contribution is -2.39. The van der Waals surface area contributed by atoms with E-state index in [1.807, 2.05) is 6.07 Å². The quantitative estimate of drug-likeness (QED) is 0.582. The molecule has 4 heteroatoms. The fourth-order valence-corrected chi connectivity index (χ4v) is 6.11. The van der Waals surface area contributed by atoms with Gasteiger partial charge < -0.3 is 9.47 Å². The van der Waals surface area contributed by atoms with Crippen molar-refractivity contribution in [2.75, 3.05) is 0 Å². The number of rotatable bonds is 2. The summed E-state index contributed by atoms with van der Waals surface area (Å²) in [6.45, 7) is 5.36. The monoisotopic (exact) mass is 356 g/mol. The van der Waals surface area contributed by atoms with Gasteiger partial charge in [0.1, 0.15) is 11.9 Å². The highest BCUT2D eigenvalue weighted by Crippen LogP contribution is 2.61. The third-order valence-electron chi connectivity index (χ3n) is 7.02. The van der Waals surface area contributed by atoms with Crippen LogP contribution in [0.5, 0.6) is 5.75 Å². The van der Waals surface area contributed by atoms with Crippen LogP contribution in [0.1, 0.15) is 69.9 Å². The Bertz CT molecular complexity index is 740. The second-order valence-electron chi connectivity index (χ2n) is 8.73. The summed E-state index contributed by atoms with van der Waals surface area (Å²) in [7, 11) is 0. The van der Waals surface area contributed by atoms with Crippen molar-refractivity contribution in [1.82, 2.24) is 0 Å². The Labute approximate surface area is 155 Å². The van der Waals surface area contributed by atoms with Crippen LogP contribution >= 0.6 is 0 Å². The fraction of sp³-hybridized carbons (Fsp3) is 0.636. The van der Waals surface area contributed by atoms with Crippen molar-refractivity contribution in [1.29, 1.82) is 0 Å². The third-order valence-corrected chi connectivity index (χ3v) is 7.02. The number of hydrogen-bond donors (Lipinski definition) is 0. The van der Waals surface area contributed by atoms with Crippen molar-refractivity contribution in [3.63, 3.8) is 0 Å². The highest BCUT2D eigenvalue weighted by molar-refractivity contribution is 5.69. The Morgan fingerprint density at radius 2 is 1.96 bits per heavy atom. The van der Waals surface area contributed by atoms with Crippen molar-refractivity contribution in [2.45, 2.75) is 71.3 Å². The van der Waals surface area contributed by atoms with E-state index in [9.17, 15) is 9.59 Å². The van der Waals surface area contributed by atoms with E-state index in [0.29, 0.717) is 28.9 Å². The summed E-state index contributed by atoms with van der Waals surface area (Å²) in [5.74, 6) is 2.12. The Kier molecular flexibility index (Phi) is 4.32. The summed E-state index contributed by atoms with van der Waals surface area (Å²) in [5.41, 5.74) is 3.08. The molecule has 0 saturated heterocycles. The second-order valence-corrected chi connectivity index (χ2v) is 8.73. The molecular formula is C22H28O4. The van der Waals surface area contributed by atoms with Gasteiger partial charge in [0.2, 0.25) is 0 Å². The van der Waals surface area contributed by atoms with Crippen molar-refractivity contribution >= 4 is 11.9 Å². The molecular weight excluding hydrogens is 328 g/mol. The number of hydrogen-bond acceptors (Lipinski definition) is 4. The summed E-state index contributed by atoms with van der Waals surface area (Å²) in [6.07, 6.45) is 6.72. The van der Waals surface area contributed by atoms with Gasteiger partial charge in [0.25, 0.3) is 0 Å². The van der Waals surface area contributed by atoms with Gasteiger partial charge in [-0.15, -0.1) is 0 Å². The standard InChI is InChI=1S/C22H28O4/c1-13(23)25-16-5-7-18-15(10-16)4-6-20-19(18)8-9-22(3)12-17(11-21(20)22)26-14(2)24/h5,7,10,17,19-21H,4,6,8-9,11-12H2,1-3H3/t17?,19-,20-,21+,22-/m1/s1. The smallest absolute Gasteiger partial charge is 0.308 e. The Balaban J connectivity index is 1.57. The first-order chi connectivity index (χ1) is 12.4. The molecule has 2 saturated carbocycles. The van der Waals surface area contributed by atoms with E-state index >= 15 is 0 Å². The van der Waals surface area contributed by atoms with E-state index < -0.39 is 0 Å². The third kappa shape index (κ3) is 3.04. The van der Waals surface area contributed by atoms with Crippen LogP contribution in [0.25, 0.3) is 0 Å². The van der Waals surface area contributed by atoms with Gasteiger partial charge in [-0.25, -0.2) is 0 Å². The molecule has 0 radical (unpaired) electrons. The van der Waals surface area contributed by atoms with Gasteiger partial charge in [-0.3, -0.25) is 9.59 Å². The minimum atomic E-state index is -0.269. The Hall–Kier alpha value is -1.84. The zero-order valence-corrected chi connectivity index (χ0v) is 15.9. The highest BCUT2D eigenvalue weighted by Gasteiger charge is 2.53. The van der Waals surface area contributed by atoms with E-state index in [4.69, 9.17) is 9.47 Å². The van der Waals surface area contributed by atoms with Crippen LogP contribution in [0.2, 0.25) is 0 Å². The minimum Gasteiger partial charge on any atom is -0.463 e. The molecule has 0 aliphatic heterocycles. The molecule has 5 atom stereocenters. The molecule has 0 bridgehead atoms. The molecule has 1 aromatic rings. The summed E-state index contributed by atoms with van der Waals surface area (Å²) < 4.78 is 10.8. The molecule has 0 N–H and O–H groups in total. The molecule has 0 spiro atoms. The topological polar surface area (TPSA) is 52.6 Å². The minimum absolute atomic E-state index is 0.0917. The van der Waals surface area contributed by atoms with Gasteiger partial charge in [-0.05, 0) is 85.0 Å². The van der Waals surface area contributed by atoms with E-state index in [2.05, 4.69) is 19.1 Å². The van der Waals surface area contributed by atoms with Crippen LogP contribution < -0.4 is 4.74 Å². The molecule has 0 amide bonds. The van der Waals surface area contributed by atoms with Crippen LogP contribution in [-0.4, -0.2) is 18.0 Å². The SMILES string of the molecule is CC(=O)Oc1ccc2c(c1)CC[C@@H]1[C@@H]2CC[C@]2(C)CC(OC(C)=O)C[C@@H]12. The van der Waals surface area contributed by atoms with Crippen molar-refractivity contribution in [3.8, 4) is 5.75 Å². The predicted molar refractivity (Wildman–Crippen MR) is 97.9 cm³/mol. The Morgan fingerprint density at radius 3 is 2.69 bits per heavy atom. The van der Waals surface area contributed by atoms with Crippen LogP contribution in [0, 0.1) is 17.3 Å². The normalized spacial score (nSPS) is 35.0. The second kappa shape index (κ2) is 6.40. The van der Waals surface area contributed by atoms with Crippen LogP contribution in [0.15, 0.2) is 18.2 Å². The summed E-state index contributed by atoms with van der Waals surface area (Å²) in [6, 6.07) is 6.16. The number of esters is 2. The first-order valence-corrected chi connectivity index (χ1v) is 9.84. The zero-order valence-electron chi connectivity index (χ0n) is 15.9. The molecule has 3 aliphatic carbocycles. The predicted octanol–water partition coefficient (Wildman–Crippen LogP) is 4.40. The molecule has 2 fully saturated rings. The number of benzene rings is 1. The van der Waals surface area contributed by atoms with Gasteiger partial charge in [-0.2, -0.15) is 0 Å². The van der Waals surface area contributed by atoms with Crippen LogP contribution in [-0.2, 0) is 20.7 Å². The summed E-state index contributed by atoms with van der Waals surface area (Å²) in [5, 5.41) is 0. The molecule has 4 rings (SSSR count). The zero-order chi connectivity index (χ0) is 18.5. The van der Waals surface area contributed by atoms with E-state index in [0.717, 1.165) is 19.3 Å². The maximum Gasteiger partial charge on any atom is 0.308 e. The maximum atomic E-state index is 11.4. The lowest BCUT2D eigenvalue weighted by Gasteiger charge is -2.49. The number of ether oxygens (including phenoxy) is 2. The van der Waals surface area contributed by atoms with Crippen molar-refractivity contribution in [3.05, 3.63) is 29.3 Å². The molecule has 140 valence electrons. The first kappa shape index (κ1) is 17.6. The van der Waals surface area contributed by atoms with Gasteiger partial charge in [-0.1, -0.05) is 13.0 Å². The molecule has 3 aliphatic rings.